The summed E-state index contributed by atoms with van der Waals surface area (Å²) in [6, 6.07) is 0. The zero-order chi connectivity index (χ0) is 13.5. The van der Waals surface area contributed by atoms with Crippen LogP contribution in [0.1, 0.15) is 68.2 Å². The van der Waals surface area contributed by atoms with Crippen LogP contribution in [0.5, 0.6) is 0 Å². The first-order valence-corrected chi connectivity index (χ1v) is 5.97. The van der Waals surface area contributed by atoms with Crippen molar-refractivity contribution < 1.29 is 0 Å². The molecule has 0 aliphatic rings. The summed E-state index contributed by atoms with van der Waals surface area (Å²) in [4.78, 5) is 0. The molecule has 0 amide bonds. The molecule has 0 aromatic carbocycles. The van der Waals surface area contributed by atoms with Gasteiger partial charge in [-0.25, -0.2) is 0 Å². The van der Waals surface area contributed by atoms with Gasteiger partial charge in [0.25, 0.3) is 0 Å². The predicted octanol–water partition coefficient (Wildman–Crippen LogP) is 6.24. The number of rotatable bonds is 1. The Bertz CT molecular complexity index is 104. The minimum Gasteiger partial charge on any atom is -0.106 e. The van der Waals surface area contributed by atoms with Gasteiger partial charge >= 0.3 is 0 Å². The highest BCUT2D eigenvalue weighted by atomic mass is 14.1. The van der Waals surface area contributed by atoms with Gasteiger partial charge in [-0.05, 0) is 18.8 Å². The molecule has 0 saturated heterocycles. The maximum absolute atomic E-state index is 3.67. The molecule has 0 heteroatoms. The topological polar surface area (TPSA) is 0 Å². The molecule has 0 aliphatic carbocycles. The van der Waals surface area contributed by atoms with Gasteiger partial charge in [0.15, 0.2) is 0 Å². The van der Waals surface area contributed by atoms with Crippen LogP contribution in [0.25, 0.3) is 0 Å². The molecule has 0 unspecified atom stereocenters. The molecule has 0 bridgehead atoms. The maximum atomic E-state index is 3.67. The van der Waals surface area contributed by atoms with E-state index in [1.54, 1.807) is 0 Å². The van der Waals surface area contributed by atoms with Crippen LogP contribution in [0.3, 0.4) is 0 Å². The summed E-state index contributed by atoms with van der Waals surface area (Å²) in [6.07, 6.45) is 2.38. The van der Waals surface area contributed by atoms with Crippen LogP contribution in [0, 0.1) is 5.41 Å². The highest BCUT2D eigenvalue weighted by molar-refractivity contribution is 4.84. The fourth-order valence-electron chi connectivity index (χ4n) is 0. The quantitative estimate of drug-likeness (QED) is 0.453. The highest BCUT2D eigenvalue weighted by Crippen LogP contribution is 2.16. The summed E-state index contributed by atoms with van der Waals surface area (Å²) in [7, 11) is 0. The van der Waals surface area contributed by atoms with E-state index in [-0.39, 0.29) is 0 Å². The Morgan fingerprint density at radius 2 is 1.13 bits per heavy atom. The maximum Gasteiger partial charge on any atom is -0.0354 e. The van der Waals surface area contributed by atoms with Crippen molar-refractivity contribution in [3.05, 3.63) is 25.3 Å². The van der Waals surface area contributed by atoms with E-state index in [9.17, 15) is 0 Å². The first-order valence-electron chi connectivity index (χ1n) is 5.97. The zero-order valence-electron chi connectivity index (χ0n) is 12.5. The molecular formula is C15H34. The lowest BCUT2D eigenvalue weighted by Gasteiger charge is -2.12. The van der Waals surface area contributed by atoms with Crippen LogP contribution in [-0.2, 0) is 0 Å². The van der Waals surface area contributed by atoms with Gasteiger partial charge in [-0.15, -0.1) is 19.7 Å². The van der Waals surface area contributed by atoms with Crippen LogP contribution in [-0.4, -0.2) is 0 Å². The third-order valence-electron chi connectivity index (χ3n) is 1.66. The van der Waals surface area contributed by atoms with Crippen molar-refractivity contribution in [1.82, 2.24) is 0 Å². The lowest BCUT2D eigenvalue weighted by molar-refractivity contribution is 0.398. The van der Waals surface area contributed by atoms with Gasteiger partial charge in [-0.3, -0.25) is 0 Å². The summed E-state index contributed by atoms with van der Waals surface area (Å²) in [6.45, 7) is 26.7. The number of allylic oxidation sites excluding steroid dienone is 1. The van der Waals surface area contributed by atoms with E-state index in [2.05, 4.69) is 54.4 Å². The van der Waals surface area contributed by atoms with Crippen molar-refractivity contribution in [2.75, 3.05) is 0 Å². The SMILES string of the molecule is C=C.C=C(C)CC.CC.CCC(C)(C)C. The zero-order valence-corrected chi connectivity index (χ0v) is 12.5. The van der Waals surface area contributed by atoms with Crippen LogP contribution in [0.15, 0.2) is 25.3 Å². The molecule has 0 spiro atoms. The van der Waals surface area contributed by atoms with Crippen LogP contribution in [0.4, 0.5) is 0 Å². The molecule has 0 atom stereocenters. The van der Waals surface area contributed by atoms with Crippen molar-refractivity contribution in [1.29, 1.82) is 0 Å². The van der Waals surface area contributed by atoms with Crippen LogP contribution >= 0.6 is 0 Å². The molecule has 0 nitrogen and oxygen atoms in total. The van der Waals surface area contributed by atoms with E-state index in [1.807, 2.05) is 20.8 Å². The molecule has 0 heterocycles. The third-order valence-corrected chi connectivity index (χ3v) is 1.66. The van der Waals surface area contributed by atoms with E-state index in [0.717, 1.165) is 6.42 Å². The lowest BCUT2D eigenvalue weighted by atomic mass is 9.94. The summed E-state index contributed by atoms with van der Waals surface area (Å²) in [5, 5.41) is 0. The molecular weight excluding hydrogens is 180 g/mol. The number of hydrogen-bond donors (Lipinski definition) is 0. The minimum absolute atomic E-state index is 0.542. The Labute approximate surface area is 99.5 Å². The Kier molecular flexibility index (Phi) is 30.5. The first-order chi connectivity index (χ1) is 6.83. The molecule has 0 aromatic heterocycles. The van der Waals surface area contributed by atoms with Gasteiger partial charge in [-0.1, -0.05) is 60.5 Å². The van der Waals surface area contributed by atoms with Crippen molar-refractivity contribution >= 4 is 0 Å². The molecule has 0 N–H and O–H groups in total. The summed E-state index contributed by atoms with van der Waals surface area (Å²) in [5.41, 5.74) is 1.80. The molecule has 15 heavy (non-hydrogen) atoms. The molecule has 0 aromatic rings. The van der Waals surface area contributed by atoms with Gasteiger partial charge in [-0.2, -0.15) is 0 Å². The fourth-order valence-corrected chi connectivity index (χ4v) is 0. The van der Waals surface area contributed by atoms with Crippen molar-refractivity contribution in [3.8, 4) is 0 Å². The molecule has 0 saturated carbocycles. The second-order valence-electron chi connectivity index (χ2n) is 4.22. The standard InChI is InChI=1S/C6H14.C5H10.C2H6.C2H4/c1-5-6(2,3)4;1-4-5(2)3;2*1-2/h5H2,1-4H3;2,4H2,1,3H3;1-2H3;1-2H2. The van der Waals surface area contributed by atoms with E-state index in [0.29, 0.717) is 5.41 Å². The second-order valence-corrected chi connectivity index (χ2v) is 4.22. The predicted molar refractivity (Wildman–Crippen MR) is 77.5 cm³/mol. The van der Waals surface area contributed by atoms with E-state index >= 15 is 0 Å². The smallest absolute Gasteiger partial charge is 0.0354 e. The summed E-state index contributed by atoms with van der Waals surface area (Å²) in [5.74, 6) is 0. The van der Waals surface area contributed by atoms with Crippen LogP contribution < -0.4 is 0 Å². The van der Waals surface area contributed by atoms with Gasteiger partial charge in [0.2, 0.25) is 0 Å². The largest absolute Gasteiger partial charge is 0.106 e. The van der Waals surface area contributed by atoms with Gasteiger partial charge < -0.3 is 0 Å². The third kappa shape index (κ3) is 88.5. The Hall–Kier alpha value is -0.520. The normalized spacial score (nSPS) is 8.00. The highest BCUT2D eigenvalue weighted by Gasteiger charge is 2.03. The first kappa shape index (κ1) is 24.0. The average molecular weight is 214 g/mol. The van der Waals surface area contributed by atoms with Gasteiger partial charge in [0, 0.05) is 0 Å². The Balaban J connectivity index is -0.0000000610. The molecule has 0 fully saturated rings. The minimum atomic E-state index is 0.542. The summed E-state index contributed by atoms with van der Waals surface area (Å²) >= 11 is 0. The van der Waals surface area contributed by atoms with Gasteiger partial charge in [0.1, 0.15) is 0 Å². The van der Waals surface area contributed by atoms with E-state index in [4.69, 9.17) is 0 Å². The van der Waals surface area contributed by atoms with Crippen molar-refractivity contribution in [2.24, 2.45) is 5.41 Å². The van der Waals surface area contributed by atoms with Gasteiger partial charge in [0.05, 0.1) is 0 Å². The molecule has 94 valence electrons. The van der Waals surface area contributed by atoms with Crippen LogP contribution in [0.2, 0.25) is 0 Å². The van der Waals surface area contributed by atoms with E-state index in [1.165, 1.54) is 12.0 Å². The van der Waals surface area contributed by atoms with E-state index < -0.39 is 0 Å². The number of hydrogen-bond acceptors (Lipinski definition) is 0. The molecule has 0 aliphatic heterocycles. The molecule has 0 radical (unpaired) electrons. The van der Waals surface area contributed by atoms with Crippen molar-refractivity contribution in [2.45, 2.75) is 68.2 Å². The fraction of sp³-hybridized carbons (Fsp3) is 0.733. The monoisotopic (exact) mass is 214 g/mol. The Morgan fingerprint density at radius 1 is 1.00 bits per heavy atom. The molecule has 0 rings (SSSR count). The Morgan fingerprint density at radius 3 is 1.13 bits per heavy atom. The average Bonchev–Trinajstić information content (AvgIpc) is 2.23. The van der Waals surface area contributed by atoms with Crippen molar-refractivity contribution in [3.63, 3.8) is 0 Å². The second kappa shape index (κ2) is 19.1. The lowest BCUT2D eigenvalue weighted by Crippen LogP contribution is -2.00. The summed E-state index contributed by atoms with van der Waals surface area (Å²) < 4.78 is 0.